The third kappa shape index (κ3) is 3.43. The molecule has 1 aliphatic rings. The largest absolute Gasteiger partial charge is 0.457 e. The quantitative estimate of drug-likeness (QED) is 0.521. The Morgan fingerprint density at radius 2 is 1.70 bits per heavy atom. The molecule has 1 aliphatic carbocycles. The van der Waals surface area contributed by atoms with E-state index in [0.717, 1.165) is 48.4 Å². The second-order valence-electron chi connectivity index (χ2n) is 7.62. The number of hydrogen-bond donors (Lipinski definition) is 1. The summed E-state index contributed by atoms with van der Waals surface area (Å²) in [5.41, 5.74) is 2.27. The summed E-state index contributed by atoms with van der Waals surface area (Å²) in [5, 5.41) is 3.23. The molecular formula is C23H23N5O2. The van der Waals surface area contributed by atoms with Crippen LogP contribution in [0.15, 0.2) is 65.6 Å². The van der Waals surface area contributed by atoms with Gasteiger partial charge >= 0.3 is 5.69 Å². The van der Waals surface area contributed by atoms with Crippen LogP contribution in [-0.2, 0) is 7.05 Å². The van der Waals surface area contributed by atoms with Gasteiger partial charge in [0.15, 0.2) is 5.65 Å². The number of nitrogens with one attached hydrogen (secondary N) is 1. The van der Waals surface area contributed by atoms with E-state index in [1.165, 1.54) is 0 Å². The van der Waals surface area contributed by atoms with Crippen LogP contribution in [0.4, 0.5) is 11.6 Å². The molecule has 30 heavy (non-hydrogen) atoms. The summed E-state index contributed by atoms with van der Waals surface area (Å²) in [6.07, 6.45) is 6.07. The summed E-state index contributed by atoms with van der Waals surface area (Å²) in [5.74, 6) is 2.01. The Labute approximate surface area is 174 Å². The SMILES string of the molecule is Cn1c(=O)n(C2CCCC2)c2nc(Nc3ccc(Oc4ccccc4)cc3)ncc21. The van der Waals surface area contributed by atoms with Gasteiger partial charge in [-0.15, -0.1) is 0 Å². The van der Waals surface area contributed by atoms with E-state index in [-0.39, 0.29) is 11.7 Å². The summed E-state index contributed by atoms with van der Waals surface area (Å²) in [7, 11) is 1.78. The molecule has 0 bridgehead atoms. The van der Waals surface area contributed by atoms with Gasteiger partial charge in [0.1, 0.15) is 17.0 Å². The van der Waals surface area contributed by atoms with E-state index in [1.54, 1.807) is 17.8 Å². The predicted molar refractivity (Wildman–Crippen MR) is 117 cm³/mol. The highest BCUT2D eigenvalue weighted by Gasteiger charge is 2.24. The number of nitrogens with zero attached hydrogens (tertiary/aromatic N) is 4. The molecule has 2 aromatic heterocycles. The first-order valence-corrected chi connectivity index (χ1v) is 10.2. The summed E-state index contributed by atoms with van der Waals surface area (Å²) >= 11 is 0. The smallest absolute Gasteiger partial charge is 0.330 e. The molecule has 1 saturated carbocycles. The molecule has 0 atom stereocenters. The maximum Gasteiger partial charge on any atom is 0.330 e. The van der Waals surface area contributed by atoms with E-state index >= 15 is 0 Å². The molecule has 0 unspecified atom stereocenters. The van der Waals surface area contributed by atoms with Crippen molar-refractivity contribution in [3.05, 3.63) is 71.3 Å². The minimum Gasteiger partial charge on any atom is -0.457 e. The molecule has 0 radical (unpaired) electrons. The molecule has 7 nitrogen and oxygen atoms in total. The molecule has 0 saturated heterocycles. The minimum absolute atomic E-state index is 0.0224. The molecule has 0 spiro atoms. The van der Waals surface area contributed by atoms with Gasteiger partial charge < -0.3 is 10.1 Å². The van der Waals surface area contributed by atoms with Crippen molar-refractivity contribution in [2.24, 2.45) is 7.05 Å². The third-order valence-corrected chi connectivity index (χ3v) is 5.61. The van der Waals surface area contributed by atoms with Gasteiger partial charge in [0, 0.05) is 18.8 Å². The minimum atomic E-state index is -0.0224. The van der Waals surface area contributed by atoms with Gasteiger partial charge in [0.05, 0.1) is 6.20 Å². The normalized spacial score (nSPS) is 14.3. The average Bonchev–Trinajstić information content (AvgIpc) is 3.37. The lowest BCUT2D eigenvalue weighted by Gasteiger charge is -2.11. The number of ether oxygens (including phenoxy) is 1. The van der Waals surface area contributed by atoms with Crippen LogP contribution < -0.4 is 15.7 Å². The lowest BCUT2D eigenvalue weighted by molar-refractivity contribution is 0.483. The first kappa shape index (κ1) is 18.4. The van der Waals surface area contributed by atoms with Crippen molar-refractivity contribution >= 4 is 22.8 Å². The van der Waals surface area contributed by atoms with Gasteiger partial charge in [0.2, 0.25) is 5.95 Å². The number of hydrogen-bond acceptors (Lipinski definition) is 5. The van der Waals surface area contributed by atoms with E-state index in [0.29, 0.717) is 11.6 Å². The van der Waals surface area contributed by atoms with Gasteiger partial charge in [0.25, 0.3) is 0 Å². The highest BCUT2D eigenvalue weighted by atomic mass is 16.5. The number of imidazole rings is 1. The number of aromatic nitrogens is 4. The van der Waals surface area contributed by atoms with Gasteiger partial charge in [-0.1, -0.05) is 31.0 Å². The Hall–Kier alpha value is -3.61. The second kappa shape index (κ2) is 7.67. The number of rotatable bonds is 5. The molecule has 2 aromatic carbocycles. The average molecular weight is 401 g/mol. The summed E-state index contributed by atoms with van der Waals surface area (Å²) in [4.78, 5) is 21.8. The first-order chi connectivity index (χ1) is 14.7. The van der Waals surface area contributed by atoms with Crippen LogP contribution in [-0.4, -0.2) is 19.1 Å². The molecule has 1 fully saturated rings. The van der Waals surface area contributed by atoms with E-state index in [9.17, 15) is 4.79 Å². The fourth-order valence-electron chi connectivity index (χ4n) is 4.05. The van der Waals surface area contributed by atoms with Crippen molar-refractivity contribution in [2.45, 2.75) is 31.7 Å². The molecule has 4 aromatic rings. The third-order valence-electron chi connectivity index (χ3n) is 5.61. The van der Waals surface area contributed by atoms with Crippen LogP contribution in [0.1, 0.15) is 31.7 Å². The molecule has 2 heterocycles. The predicted octanol–water partition coefficient (Wildman–Crippen LogP) is 4.78. The van der Waals surface area contributed by atoms with Crippen molar-refractivity contribution in [3.63, 3.8) is 0 Å². The van der Waals surface area contributed by atoms with Crippen LogP contribution in [0.25, 0.3) is 11.2 Å². The molecule has 0 amide bonds. The Morgan fingerprint density at radius 3 is 2.43 bits per heavy atom. The number of fused-ring (bicyclic) bond motifs is 1. The maximum absolute atomic E-state index is 12.8. The maximum atomic E-state index is 12.8. The van der Waals surface area contributed by atoms with Crippen LogP contribution in [0.5, 0.6) is 11.5 Å². The zero-order valence-corrected chi connectivity index (χ0v) is 16.8. The monoisotopic (exact) mass is 401 g/mol. The first-order valence-electron chi connectivity index (χ1n) is 10.2. The topological polar surface area (TPSA) is 74.0 Å². The van der Waals surface area contributed by atoms with E-state index in [4.69, 9.17) is 4.74 Å². The van der Waals surface area contributed by atoms with Crippen molar-refractivity contribution in [3.8, 4) is 11.5 Å². The number of para-hydroxylation sites is 1. The van der Waals surface area contributed by atoms with Crippen LogP contribution in [0.3, 0.4) is 0 Å². The van der Waals surface area contributed by atoms with E-state index < -0.39 is 0 Å². The molecular weight excluding hydrogens is 378 g/mol. The van der Waals surface area contributed by atoms with Crippen molar-refractivity contribution in [2.75, 3.05) is 5.32 Å². The molecule has 5 rings (SSSR count). The lowest BCUT2D eigenvalue weighted by Crippen LogP contribution is -2.25. The van der Waals surface area contributed by atoms with Crippen molar-refractivity contribution in [1.29, 1.82) is 0 Å². The second-order valence-corrected chi connectivity index (χ2v) is 7.62. The standard InChI is InChI=1S/C23H23N5O2/c1-27-20-15-24-22(26-21(20)28(23(27)29)17-7-5-6-8-17)25-16-11-13-19(14-12-16)30-18-9-3-2-4-10-18/h2-4,9-15,17H,5-8H2,1H3,(H,24,25,26). The zero-order valence-electron chi connectivity index (χ0n) is 16.8. The Balaban J connectivity index is 1.40. The Kier molecular flexibility index (Phi) is 4.71. The highest BCUT2D eigenvalue weighted by Crippen LogP contribution is 2.31. The summed E-state index contributed by atoms with van der Waals surface area (Å²) < 4.78 is 9.30. The lowest BCUT2D eigenvalue weighted by atomic mass is 10.2. The highest BCUT2D eigenvalue weighted by molar-refractivity contribution is 5.73. The fraction of sp³-hybridized carbons (Fsp3) is 0.261. The number of anilines is 2. The van der Waals surface area contributed by atoms with Gasteiger partial charge in [-0.25, -0.2) is 9.78 Å². The molecule has 0 aliphatic heterocycles. The van der Waals surface area contributed by atoms with E-state index in [1.807, 2.05) is 59.2 Å². The van der Waals surface area contributed by atoms with Gasteiger partial charge in [-0.2, -0.15) is 4.98 Å². The summed E-state index contributed by atoms with van der Waals surface area (Å²) in [6.45, 7) is 0. The number of benzene rings is 2. The Bertz CT molecular complexity index is 1220. The van der Waals surface area contributed by atoms with Crippen LogP contribution >= 0.6 is 0 Å². The van der Waals surface area contributed by atoms with Crippen molar-refractivity contribution in [1.82, 2.24) is 19.1 Å². The molecule has 152 valence electrons. The van der Waals surface area contributed by atoms with Gasteiger partial charge in [-0.3, -0.25) is 9.13 Å². The van der Waals surface area contributed by atoms with Crippen LogP contribution in [0.2, 0.25) is 0 Å². The summed E-state index contributed by atoms with van der Waals surface area (Å²) in [6, 6.07) is 17.5. The molecule has 1 N–H and O–H groups in total. The van der Waals surface area contributed by atoms with E-state index in [2.05, 4.69) is 15.3 Å². The van der Waals surface area contributed by atoms with Crippen LogP contribution in [0, 0.1) is 0 Å². The van der Waals surface area contributed by atoms with Gasteiger partial charge in [-0.05, 0) is 49.2 Å². The fourth-order valence-corrected chi connectivity index (χ4v) is 4.05. The van der Waals surface area contributed by atoms with Crippen molar-refractivity contribution < 1.29 is 4.74 Å². The Morgan fingerprint density at radius 1 is 1.00 bits per heavy atom. The zero-order chi connectivity index (χ0) is 20.5. The molecule has 7 heteroatoms. The number of aryl methyl sites for hydroxylation is 1.